The fourth-order valence-corrected chi connectivity index (χ4v) is 2.01. The number of benzene rings is 2. The second-order valence-corrected chi connectivity index (χ2v) is 4.80. The minimum absolute atomic E-state index is 0.161. The molecule has 0 saturated carbocycles. The summed E-state index contributed by atoms with van der Waals surface area (Å²) in [5, 5.41) is 5.84. The topological polar surface area (TPSA) is 59.6 Å². The van der Waals surface area contributed by atoms with E-state index < -0.39 is 0 Å². The monoisotopic (exact) mass is 318 g/mol. The van der Waals surface area contributed by atoms with Gasteiger partial charge < -0.3 is 20.1 Å². The van der Waals surface area contributed by atoms with Crippen LogP contribution < -0.4 is 20.1 Å². The minimum atomic E-state index is -0.293. The Labute approximate surface area is 134 Å². The van der Waals surface area contributed by atoms with Gasteiger partial charge in [-0.3, -0.25) is 4.79 Å². The zero-order valence-electron chi connectivity index (χ0n) is 13.1. The average molecular weight is 318 g/mol. The second kappa shape index (κ2) is 8.03. The molecule has 0 radical (unpaired) electrons. The molecular formula is C17H19FN2O3. The van der Waals surface area contributed by atoms with Crippen molar-refractivity contribution in [1.82, 2.24) is 0 Å². The minimum Gasteiger partial charge on any atom is -0.497 e. The molecule has 2 aromatic carbocycles. The lowest BCUT2D eigenvalue weighted by atomic mass is 10.2. The summed E-state index contributed by atoms with van der Waals surface area (Å²) in [6.45, 7) is 0.434. The summed E-state index contributed by atoms with van der Waals surface area (Å²) in [5.41, 5.74) is 1.32. The molecule has 0 spiro atoms. The molecule has 0 unspecified atom stereocenters. The van der Waals surface area contributed by atoms with E-state index in [2.05, 4.69) is 10.6 Å². The molecule has 0 saturated heterocycles. The number of methoxy groups -OCH3 is 2. The van der Waals surface area contributed by atoms with E-state index in [1.807, 2.05) is 0 Å². The van der Waals surface area contributed by atoms with Crippen molar-refractivity contribution < 1.29 is 18.7 Å². The maximum absolute atomic E-state index is 12.8. The summed E-state index contributed by atoms with van der Waals surface area (Å²) >= 11 is 0. The molecule has 0 aliphatic carbocycles. The number of hydrogen-bond acceptors (Lipinski definition) is 4. The molecule has 6 heteroatoms. The quantitative estimate of drug-likeness (QED) is 0.822. The maximum atomic E-state index is 12.8. The van der Waals surface area contributed by atoms with Crippen LogP contribution in [0.4, 0.5) is 15.8 Å². The van der Waals surface area contributed by atoms with Gasteiger partial charge in [0.25, 0.3) is 0 Å². The van der Waals surface area contributed by atoms with Crippen LogP contribution in [0.25, 0.3) is 0 Å². The normalized spacial score (nSPS) is 10.0. The van der Waals surface area contributed by atoms with E-state index in [0.29, 0.717) is 23.7 Å². The molecule has 2 N–H and O–H groups in total. The van der Waals surface area contributed by atoms with Gasteiger partial charge in [0.05, 0.1) is 19.9 Å². The van der Waals surface area contributed by atoms with Gasteiger partial charge >= 0.3 is 0 Å². The zero-order valence-corrected chi connectivity index (χ0v) is 13.1. The highest BCUT2D eigenvalue weighted by Gasteiger charge is 2.09. The number of anilines is 2. The number of ether oxygens (including phenoxy) is 2. The molecular weight excluding hydrogens is 299 g/mol. The van der Waals surface area contributed by atoms with E-state index >= 15 is 0 Å². The van der Waals surface area contributed by atoms with Crippen LogP contribution in [0.5, 0.6) is 11.5 Å². The number of halogens is 1. The Morgan fingerprint density at radius 1 is 1.09 bits per heavy atom. The third-order valence-electron chi connectivity index (χ3n) is 3.21. The Kier molecular flexibility index (Phi) is 5.80. The molecule has 0 atom stereocenters. The van der Waals surface area contributed by atoms with E-state index in [-0.39, 0.29) is 18.1 Å². The van der Waals surface area contributed by atoms with Gasteiger partial charge in [-0.05, 0) is 36.4 Å². The highest BCUT2D eigenvalue weighted by atomic mass is 19.1. The van der Waals surface area contributed by atoms with Crippen LogP contribution in [0, 0.1) is 5.82 Å². The predicted octanol–water partition coefficient (Wildman–Crippen LogP) is 3.28. The fraction of sp³-hybridized carbons (Fsp3) is 0.235. The molecule has 0 heterocycles. The molecule has 0 aliphatic heterocycles. The number of rotatable bonds is 7. The number of carbonyl (C=O) groups is 1. The Morgan fingerprint density at radius 2 is 1.83 bits per heavy atom. The lowest BCUT2D eigenvalue weighted by molar-refractivity contribution is -0.116. The van der Waals surface area contributed by atoms with Gasteiger partial charge in [-0.25, -0.2) is 4.39 Å². The Morgan fingerprint density at radius 3 is 2.48 bits per heavy atom. The van der Waals surface area contributed by atoms with Crippen molar-refractivity contribution in [3.05, 3.63) is 48.3 Å². The highest BCUT2D eigenvalue weighted by Crippen LogP contribution is 2.28. The Bertz CT molecular complexity index is 659. The average Bonchev–Trinajstić information content (AvgIpc) is 2.56. The van der Waals surface area contributed by atoms with E-state index in [9.17, 15) is 9.18 Å². The fourth-order valence-electron chi connectivity index (χ4n) is 2.01. The summed E-state index contributed by atoms with van der Waals surface area (Å²) in [4.78, 5) is 12.0. The first-order chi connectivity index (χ1) is 11.1. The maximum Gasteiger partial charge on any atom is 0.226 e. The van der Waals surface area contributed by atoms with Crippen LogP contribution in [0.3, 0.4) is 0 Å². The van der Waals surface area contributed by atoms with Gasteiger partial charge in [0.2, 0.25) is 5.91 Å². The van der Waals surface area contributed by atoms with E-state index in [1.54, 1.807) is 37.4 Å². The SMILES string of the molecule is COc1ccc(OC)c(NC(=O)CCNc2ccc(F)cc2)c1. The Balaban J connectivity index is 1.88. The molecule has 2 aromatic rings. The first-order valence-electron chi connectivity index (χ1n) is 7.13. The first kappa shape index (κ1) is 16.6. The largest absolute Gasteiger partial charge is 0.497 e. The van der Waals surface area contributed by atoms with Crippen LogP contribution in [-0.2, 0) is 4.79 Å². The van der Waals surface area contributed by atoms with E-state index in [0.717, 1.165) is 5.69 Å². The van der Waals surface area contributed by atoms with E-state index in [4.69, 9.17) is 9.47 Å². The highest BCUT2D eigenvalue weighted by molar-refractivity contribution is 5.92. The molecule has 0 aromatic heterocycles. The van der Waals surface area contributed by atoms with E-state index in [1.165, 1.54) is 19.2 Å². The Hall–Kier alpha value is -2.76. The molecule has 2 rings (SSSR count). The van der Waals surface area contributed by atoms with Crippen LogP contribution in [0.2, 0.25) is 0 Å². The van der Waals surface area contributed by atoms with Gasteiger partial charge in [-0.1, -0.05) is 0 Å². The smallest absolute Gasteiger partial charge is 0.226 e. The molecule has 122 valence electrons. The predicted molar refractivity (Wildman–Crippen MR) is 87.7 cm³/mol. The second-order valence-electron chi connectivity index (χ2n) is 4.80. The van der Waals surface area contributed by atoms with Crippen molar-refractivity contribution >= 4 is 17.3 Å². The lowest BCUT2D eigenvalue weighted by Gasteiger charge is -2.12. The van der Waals surface area contributed by atoms with Crippen LogP contribution in [0.15, 0.2) is 42.5 Å². The first-order valence-corrected chi connectivity index (χ1v) is 7.13. The molecule has 23 heavy (non-hydrogen) atoms. The molecule has 1 amide bonds. The van der Waals surface area contributed by atoms with Gasteiger partial charge in [0.1, 0.15) is 17.3 Å². The van der Waals surface area contributed by atoms with Crippen LogP contribution in [-0.4, -0.2) is 26.7 Å². The van der Waals surface area contributed by atoms with Crippen molar-refractivity contribution in [1.29, 1.82) is 0 Å². The molecule has 5 nitrogen and oxygen atoms in total. The van der Waals surface area contributed by atoms with Crippen LogP contribution >= 0.6 is 0 Å². The molecule has 0 aliphatic rings. The number of nitrogens with one attached hydrogen (secondary N) is 2. The summed E-state index contributed by atoms with van der Waals surface area (Å²) in [6.07, 6.45) is 0.262. The van der Waals surface area contributed by atoms with Crippen molar-refractivity contribution in [3.8, 4) is 11.5 Å². The standard InChI is InChI=1S/C17H19FN2O3/c1-22-14-7-8-16(23-2)15(11-14)20-17(21)9-10-19-13-5-3-12(18)4-6-13/h3-8,11,19H,9-10H2,1-2H3,(H,20,21). The third kappa shape index (κ3) is 4.88. The van der Waals surface area contributed by atoms with Gasteiger partial charge in [-0.15, -0.1) is 0 Å². The summed E-state index contributed by atoms with van der Waals surface area (Å²) in [5.74, 6) is 0.737. The summed E-state index contributed by atoms with van der Waals surface area (Å²) < 4.78 is 23.1. The summed E-state index contributed by atoms with van der Waals surface area (Å²) in [6, 6.07) is 11.2. The third-order valence-corrected chi connectivity index (χ3v) is 3.21. The van der Waals surface area contributed by atoms with Gasteiger partial charge in [0, 0.05) is 24.7 Å². The number of hydrogen-bond donors (Lipinski definition) is 2. The molecule has 0 fully saturated rings. The molecule has 0 bridgehead atoms. The van der Waals surface area contributed by atoms with Crippen molar-refractivity contribution in [3.63, 3.8) is 0 Å². The number of amides is 1. The van der Waals surface area contributed by atoms with Crippen molar-refractivity contribution in [2.45, 2.75) is 6.42 Å². The lowest BCUT2D eigenvalue weighted by Crippen LogP contribution is -2.16. The van der Waals surface area contributed by atoms with Crippen molar-refractivity contribution in [2.24, 2.45) is 0 Å². The number of carbonyl (C=O) groups excluding carboxylic acids is 1. The summed E-state index contributed by atoms with van der Waals surface area (Å²) in [7, 11) is 3.09. The van der Waals surface area contributed by atoms with Gasteiger partial charge in [-0.2, -0.15) is 0 Å². The van der Waals surface area contributed by atoms with Crippen LogP contribution in [0.1, 0.15) is 6.42 Å². The zero-order chi connectivity index (χ0) is 16.7. The van der Waals surface area contributed by atoms with Gasteiger partial charge in [0.15, 0.2) is 0 Å². The van der Waals surface area contributed by atoms with Crippen molar-refractivity contribution in [2.75, 3.05) is 31.4 Å².